The fourth-order valence-corrected chi connectivity index (χ4v) is 3.76. The van der Waals surface area contributed by atoms with E-state index in [0.29, 0.717) is 19.1 Å². The first-order valence-electron chi connectivity index (χ1n) is 8.25. The van der Waals surface area contributed by atoms with Gasteiger partial charge in [0.2, 0.25) is 0 Å². The summed E-state index contributed by atoms with van der Waals surface area (Å²) in [5.41, 5.74) is -0.503. The molecule has 1 aliphatic carbocycles. The van der Waals surface area contributed by atoms with E-state index < -0.39 is 5.54 Å². The Labute approximate surface area is 127 Å². The lowest BCUT2D eigenvalue weighted by atomic mass is 9.84. The number of hydrogen-bond acceptors (Lipinski definition) is 5. The molecule has 5 nitrogen and oxygen atoms in total. The molecule has 0 aromatic heterocycles. The van der Waals surface area contributed by atoms with Gasteiger partial charge in [0.1, 0.15) is 5.54 Å². The van der Waals surface area contributed by atoms with Crippen LogP contribution in [0.5, 0.6) is 0 Å². The smallest absolute Gasteiger partial charge is 0.326 e. The molecule has 0 aromatic rings. The van der Waals surface area contributed by atoms with E-state index in [-0.39, 0.29) is 12.1 Å². The number of likely N-dealkylation sites (N-methyl/N-ethyl adjacent to an activating group) is 1. The van der Waals surface area contributed by atoms with Crippen molar-refractivity contribution in [1.82, 2.24) is 5.32 Å². The van der Waals surface area contributed by atoms with Crippen LogP contribution in [-0.4, -0.2) is 51.1 Å². The highest BCUT2D eigenvalue weighted by atomic mass is 16.5. The Balaban J connectivity index is 1.80. The summed E-state index contributed by atoms with van der Waals surface area (Å²) in [6, 6.07) is 0. The Morgan fingerprint density at radius 1 is 1.38 bits per heavy atom. The number of hydrogen-bond donors (Lipinski definition) is 1. The van der Waals surface area contributed by atoms with Crippen molar-refractivity contribution in [3.05, 3.63) is 0 Å². The van der Waals surface area contributed by atoms with Gasteiger partial charge in [-0.25, -0.2) is 0 Å². The molecular formula is C16H29NO4. The third-order valence-corrected chi connectivity index (χ3v) is 4.80. The minimum Gasteiger partial charge on any atom is -0.468 e. The van der Waals surface area contributed by atoms with Crippen LogP contribution in [0.4, 0.5) is 0 Å². The lowest BCUT2D eigenvalue weighted by Crippen LogP contribution is -2.55. The van der Waals surface area contributed by atoms with Crippen molar-refractivity contribution in [3.63, 3.8) is 0 Å². The first-order chi connectivity index (χ1) is 10.2. The summed E-state index contributed by atoms with van der Waals surface area (Å²) in [5, 5.41) is 3.39. The predicted molar refractivity (Wildman–Crippen MR) is 80.2 cm³/mol. The summed E-state index contributed by atoms with van der Waals surface area (Å²) in [6.45, 7) is 5.05. The van der Waals surface area contributed by atoms with Crippen LogP contribution in [0.3, 0.4) is 0 Å². The normalized spacial score (nSPS) is 32.5. The molecule has 122 valence electrons. The number of esters is 1. The number of methoxy groups -OCH3 is 1. The number of nitrogens with one attached hydrogen (secondary N) is 1. The Hall–Kier alpha value is -0.650. The SMILES string of the molecule is CCNC1(C(=O)OC)CCCC1CCOCC1CCCO1. The topological polar surface area (TPSA) is 56.8 Å². The van der Waals surface area contributed by atoms with Crippen molar-refractivity contribution in [1.29, 1.82) is 0 Å². The van der Waals surface area contributed by atoms with E-state index in [0.717, 1.165) is 51.7 Å². The number of carbonyl (C=O) groups excluding carboxylic acids is 1. The molecule has 0 aromatic carbocycles. The van der Waals surface area contributed by atoms with Crippen LogP contribution >= 0.6 is 0 Å². The van der Waals surface area contributed by atoms with E-state index in [9.17, 15) is 4.79 Å². The zero-order valence-corrected chi connectivity index (χ0v) is 13.4. The largest absolute Gasteiger partial charge is 0.468 e. The van der Waals surface area contributed by atoms with Gasteiger partial charge in [0.15, 0.2) is 0 Å². The van der Waals surface area contributed by atoms with Crippen molar-refractivity contribution >= 4 is 5.97 Å². The van der Waals surface area contributed by atoms with Crippen molar-refractivity contribution in [2.24, 2.45) is 5.92 Å². The van der Waals surface area contributed by atoms with Crippen LogP contribution in [0.2, 0.25) is 0 Å². The fraction of sp³-hybridized carbons (Fsp3) is 0.938. The van der Waals surface area contributed by atoms with Gasteiger partial charge in [-0.05, 0) is 44.6 Å². The molecule has 1 aliphatic heterocycles. The first-order valence-corrected chi connectivity index (χ1v) is 8.25. The van der Waals surface area contributed by atoms with E-state index in [2.05, 4.69) is 5.32 Å². The highest BCUT2D eigenvalue weighted by Crippen LogP contribution is 2.39. The van der Waals surface area contributed by atoms with E-state index in [4.69, 9.17) is 14.2 Å². The molecule has 1 saturated heterocycles. The zero-order valence-electron chi connectivity index (χ0n) is 13.4. The average molecular weight is 299 g/mol. The lowest BCUT2D eigenvalue weighted by Gasteiger charge is -2.33. The van der Waals surface area contributed by atoms with E-state index in [1.807, 2.05) is 6.92 Å². The number of carbonyl (C=O) groups is 1. The van der Waals surface area contributed by atoms with Crippen LogP contribution in [0, 0.1) is 5.92 Å². The van der Waals surface area contributed by atoms with Gasteiger partial charge in [0.25, 0.3) is 0 Å². The lowest BCUT2D eigenvalue weighted by molar-refractivity contribution is -0.150. The van der Waals surface area contributed by atoms with Crippen LogP contribution < -0.4 is 5.32 Å². The van der Waals surface area contributed by atoms with Gasteiger partial charge < -0.3 is 19.5 Å². The number of ether oxygens (including phenoxy) is 3. The second-order valence-corrected chi connectivity index (χ2v) is 6.08. The summed E-state index contributed by atoms with van der Waals surface area (Å²) in [6.07, 6.45) is 6.41. The molecule has 5 heteroatoms. The molecule has 0 amide bonds. The molecule has 0 spiro atoms. The molecule has 3 unspecified atom stereocenters. The molecule has 1 N–H and O–H groups in total. The third-order valence-electron chi connectivity index (χ3n) is 4.80. The van der Waals surface area contributed by atoms with Crippen LogP contribution in [0.15, 0.2) is 0 Å². The predicted octanol–water partition coefficient (Wildman–Crippen LogP) is 1.89. The molecule has 1 saturated carbocycles. The summed E-state index contributed by atoms with van der Waals surface area (Å²) >= 11 is 0. The van der Waals surface area contributed by atoms with Gasteiger partial charge in [-0.2, -0.15) is 0 Å². The van der Waals surface area contributed by atoms with Crippen molar-refractivity contribution in [2.75, 3.05) is 33.5 Å². The summed E-state index contributed by atoms with van der Waals surface area (Å²) < 4.78 is 16.4. The standard InChI is InChI=1S/C16H29NO4/c1-3-17-16(15(18)19-2)9-4-6-13(16)8-11-20-12-14-7-5-10-21-14/h13-14,17H,3-12H2,1-2H3. The molecule has 2 fully saturated rings. The first kappa shape index (κ1) is 16.7. The zero-order chi connectivity index (χ0) is 15.1. The molecule has 1 heterocycles. The maximum atomic E-state index is 12.2. The third kappa shape index (κ3) is 3.96. The van der Waals surface area contributed by atoms with Gasteiger partial charge in [-0.1, -0.05) is 13.3 Å². The average Bonchev–Trinajstić information content (AvgIpc) is 3.13. The summed E-state index contributed by atoms with van der Waals surface area (Å²) in [4.78, 5) is 12.2. The molecular weight excluding hydrogens is 270 g/mol. The molecule has 3 atom stereocenters. The Morgan fingerprint density at radius 3 is 2.90 bits per heavy atom. The molecule has 2 rings (SSSR count). The van der Waals surface area contributed by atoms with Crippen molar-refractivity contribution in [2.45, 2.75) is 57.1 Å². The van der Waals surface area contributed by atoms with Gasteiger partial charge in [-0.15, -0.1) is 0 Å². The van der Waals surface area contributed by atoms with Crippen LogP contribution in [0.1, 0.15) is 45.4 Å². The van der Waals surface area contributed by atoms with Crippen molar-refractivity contribution in [3.8, 4) is 0 Å². The maximum Gasteiger partial charge on any atom is 0.326 e. The maximum absolute atomic E-state index is 12.2. The summed E-state index contributed by atoms with van der Waals surface area (Å²) in [7, 11) is 1.48. The van der Waals surface area contributed by atoms with Gasteiger partial charge in [-0.3, -0.25) is 4.79 Å². The van der Waals surface area contributed by atoms with Gasteiger partial charge >= 0.3 is 5.97 Å². The van der Waals surface area contributed by atoms with Gasteiger partial charge in [0, 0.05) is 13.2 Å². The van der Waals surface area contributed by atoms with Gasteiger partial charge in [0.05, 0.1) is 19.8 Å². The molecule has 2 aliphatic rings. The van der Waals surface area contributed by atoms with E-state index in [1.54, 1.807) is 0 Å². The molecule has 0 radical (unpaired) electrons. The molecule has 21 heavy (non-hydrogen) atoms. The Morgan fingerprint density at radius 2 is 2.24 bits per heavy atom. The Bertz CT molecular complexity index is 330. The van der Waals surface area contributed by atoms with E-state index >= 15 is 0 Å². The van der Waals surface area contributed by atoms with E-state index in [1.165, 1.54) is 7.11 Å². The number of rotatable bonds is 8. The summed E-state index contributed by atoms with van der Waals surface area (Å²) in [5.74, 6) is 0.181. The molecule has 0 bridgehead atoms. The van der Waals surface area contributed by atoms with Crippen LogP contribution in [0.25, 0.3) is 0 Å². The quantitative estimate of drug-likeness (QED) is 0.548. The van der Waals surface area contributed by atoms with Crippen molar-refractivity contribution < 1.29 is 19.0 Å². The second-order valence-electron chi connectivity index (χ2n) is 6.08. The fourth-order valence-electron chi connectivity index (χ4n) is 3.76. The highest BCUT2D eigenvalue weighted by Gasteiger charge is 2.48. The highest BCUT2D eigenvalue weighted by molar-refractivity contribution is 5.81. The monoisotopic (exact) mass is 299 g/mol. The Kier molecular flexibility index (Phi) is 6.45. The minimum atomic E-state index is -0.503. The van der Waals surface area contributed by atoms with Crippen LogP contribution in [-0.2, 0) is 19.0 Å². The second kappa shape index (κ2) is 8.11. The minimum absolute atomic E-state index is 0.119.